The number of carbonyl (C=O) groups is 1. The molecule has 0 saturated carbocycles. The quantitative estimate of drug-likeness (QED) is 0.793. The molecule has 6 nitrogen and oxygen atoms in total. The van der Waals surface area contributed by atoms with Gasteiger partial charge in [0.05, 0.1) is 5.69 Å². The third-order valence-corrected chi connectivity index (χ3v) is 4.26. The number of ether oxygens (including phenoxy) is 2. The van der Waals surface area contributed by atoms with Gasteiger partial charge in [0.25, 0.3) is 5.91 Å². The van der Waals surface area contributed by atoms with E-state index in [-0.39, 0.29) is 5.91 Å². The van der Waals surface area contributed by atoms with Gasteiger partial charge in [-0.25, -0.2) is 4.98 Å². The van der Waals surface area contributed by atoms with Crippen LogP contribution in [0.5, 0.6) is 11.5 Å². The van der Waals surface area contributed by atoms with Crippen LogP contribution >= 0.6 is 11.3 Å². The lowest BCUT2D eigenvalue weighted by molar-refractivity contribution is 0.102. The molecule has 1 N–H and O–H groups in total. The minimum atomic E-state index is -0.208. The molecule has 1 amide bonds. The highest BCUT2D eigenvalue weighted by atomic mass is 32.1. The van der Waals surface area contributed by atoms with Gasteiger partial charge in [-0.3, -0.25) is 15.1 Å². The molecule has 120 valence electrons. The average molecular weight is 339 g/mol. The molecule has 0 bridgehead atoms. The molecule has 1 aliphatic heterocycles. The number of rotatable bonds is 3. The van der Waals surface area contributed by atoms with Crippen LogP contribution in [0.3, 0.4) is 0 Å². The van der Waals surface area contributed by atoms with E-state index in [4.69, 9.17) is 9.47 Å². The molecule has 24 heavy (non-hydrogen) atoms. The molecule has 1 aromatic carbocycles. The number of hydrogen-bond donors (Lipinski definition) is 1. The Bertz CT molecular complexity index is 880. The highest BCUT2D eigenvalue weighted by Gasteiger charge is 2.14. The molecular formula is C17H13N3O3S. The van der Waals surface area contributed by atoms with Crippen molar-refractivity contribution in [2.45, 2.75) is 0 Å². The van der Waals surface area contributed by atoms with Gasteiger partial charge in [0, 0.05) is 28.9 Å². The molecule has 1 aliphatic rings. The first kappa shape index (κ1) is 14.6. The predicted molar refractivity (Wildman–Crippen MR) is 90.7 cm³/mol. The maximum Gasteiger partial charge on any atom is 0.257 e. The maximum atomic E-state index is 12.1. The Kier molecular flexibility index (Phi) is 3.84. The summed E-state index contributed by atoms with van der Waals surface area (Å²) in [6.07, 6.45) is 3.16. The maximum absolute atomic E-state index is 12.1. The number of hydrogen-bond acceptors (Lipinski definition) is 6. The Morgan fingerprint density at radius 2 is 1.88 bits per heavy atom. The fraction of sp³-hybridized carbons (Fsp3) is 0.118. The van der Waals surface area contributed by atoms with Crippen molar-refractivity contribution in [2.75, 3.05) is 18.5 Å². The number of nitrogens with zero attached hydrogens (tertiary/aromatic N) is 2. The first-order valence-corrected chi connectivity index (χ1v) is 8.24. The first-order chi connectivity index (χ1) is 11.8. The molecular weight excluding hydrogens is 326 g/mol. The Morgan fingerprint density at radius 3 is 2.71 bits per heavy atom. The van der Waals surface area contributed by atoms with Crippen LogP contribution in [0.25, 0.3) is 11.3 Å². The van der Waals surface area contributed by atoms with Crippen molar-refractivity contribution >= 4 is 22.4 Å². The Balaban J connectivity index is 1.53. The highest BCUT2D eigenvalue weighted by molar-refractivity contribution is 7.14. The van der Waals surface area contributed by atoms with Crippen LogP contribution in [-0.4, -0.2) is 29.1 Å². The minimum Gasteiger partial charge on any atom is -0.486 e. The zero-order valence-electron chi connectivity index (χ0n) is 12.6. The molecule has 0 atom stereocenters. The highest BCUT2D eigenvalue weighted by Crippen LogP contribution is 2.35. The van der Waals surface area contributed by atoms with E-state index in [1.54, 1.807) is 24.5 Å². The van der Waals surface area contributed by atoms with Gasteiger partial charge in [0.2, 0.25) is 0 Å². The fourth-order valence-corrected chi connectivity index (χ4v) is 3.05. The van der Waals surface area contributed by atoms with Crippen molar-refractivity contribution in [2.24, 2.45) is 0 Å². The van der Waals surface area contributed by atoms with Crippen LogP contribution in [0.1, 0.15) is 10.4 Å². The van der Waals surface area contributed by atoms with Crippen LogP contribution in [0.2, 0.25) is 0 Å². The molecule has 0 unspecified atom stereocenters. The van der Waals surface area contributed by atoms with Crippen LogP contribution in [0.15, 0.2) is 48.1 Å². The molecule has 0 saturated heterocycles. The van der Waals surface area contributed by atoms with Crippen molar-refractivity contribution in [1.29, 1.82) is 0 Å². The molecule has 3 aromatic rings. The van der Waals surface area contributed by atoms with Crippen molar-refractivity contribution in [3.05, 3.63) is 53.7 Å². The topological polar surface area (TPSA) is 73.3 Å². The molecule has 0 spiro atoms. The van der Waals surface area contributed by atoms with E-state index in [2.05, 4.69) is 15.3 Å². The Morgan fingerprint density at radius 1 is 1.08 bits per heavy atom. The van der Waals surface area contributed by atoms with Gasteiger partial charge in [-0.2, -0.15) is 0 Å². The van der Waals surface area contributed by atoms with Crippen molar-refractivity contribution in [1.82, 2.24) is 9.97 Å². The van der Waals surface area contributed by atoms with Gasteiger partial charge in [0.1, 0.15) is 13.2 Å². The van der Waals surface area contributed by atoms with Gasteiger partial charge < -0.3 is 9.47 Å². The van der Waals surface area contributed by atoms with Gasteiger partial charge in [0.15, 0.2) is 16.6 Å². The van der Waals surface area contributed by atoms with E-state index in [0.717, 1.165) is 17.0 Å². The molecule has 0 radical (unpaired) electrons. The second-order valence-electron chi connectivity index (χ2n) is 5.09. The van der Waals surface area contributed by atoms with E-state index in [1.165, 1.54) is 11.3 Å². The lowest BCUT2D eigenvalue weighted by atomic mass is 10.1. The van der Waals surface area contributed by atoms with Gasteiger partial charge >= 0.3 is 0 Å². The monoisotopic (exact) mass is 339 g/mol. The number of carbonyl (C=O) groups excluding carboxylic acids is 1. The summed E-state index contributed by atoms with van der Waals surface area (Å²) in [6, 6.07) is 9.02. The lowest BCUT2D eigenvalue weighted by Gasteiger charge is -2.18. The summed E-state index contributed by atoms with van der Waals surface area (Å²) in [5.74, 6) is 1.25. The summed E-state index contributed by atoms with van der Waals surface area (Å²) in [6.45, 7) is 1.11. The molecule has 7 heteroatoms. The zero-order valence-corrected chi connectivity index (χ0v) is 13.4. The summed E-state index contributed by atoms with van der Waals surface area (Å²) < 4.78 is 11.1. The van der Waals surface area contributed by atoms with Crippen LogP contribution in [0, 0.1) is 0 Å². The molecule has 0 fully saturated rings. The SMILES string of the molecule is O=C(Nc1nc(-c2ccc3c(c2)OCCO3)cs1)c1ccncc1. The molecule has 4 rings (SSSR count). The van der Waals surface area contributed by atoms with Crippen molar-refractivity contribution in [3.8, 4) is 22.8 Å². The Hall–Kier alpha value is -2.93. The van der Waals surface area contributed by atoms with Crippen molar-refractivity contribution in [3.63, 3.8) is 0 Å². The first-order valence-electron chi connectivity index (χ1n) is 7.36. The minimum absolute atomic E-state index is 0.208. The van der Waals surface area contributed by atoms with Crippen LogP contribution in [-0.2, 0) is 0 Å². The van der Waals surface area contributed by atoms with Gasteiger partial charge in [-0.05, 0) is 30.3 Å². The van der Waals surface area contributed by atoms with E-state index in [0.29, 0.717) is 29.7 Å². The summed E-state index contributed by atoms with van der Waals surface area (Å²) in [7, 11) is 0. The summed E-state index contributed by atoms with van der Waals surface area (Å²) in [5, 5.41) is 5.24. The van der Waals surface area contributed by atoms with E-state index in [9.17, 15) is 4.79 Å². The Labute approximate surface area is 142 Å². The molecule has 0 aliphatic carbocycles. The third-order valence-electron chi connectivity index (χ3n) is 3.51. The van der Waals surface area contributed by atoms with E-state index >= 15 is 0 Å². The van der Waals surface area contributed by atoms with Gasteiger partial charge in [-0.15, -0.1) is 11.3 Å². The number of aromatic nitrogens is 2. The largest absolute Gasteiger partial charge is 0.486 e. The second kappa shape index (κ2) is 6.29. The van der Waals surface area contributed by atoms with Crippen LogP contribution in [0.4, 0.5) is 5.13 Å². The number of nitrogens with one attached hydrogen (secondary N) is 1. The predicted octanol–water partition coefficient (Wildman–Crippen LogP) is 3.23. The van der Waals surface area contributed by atoms with Crippen molar-refractivity contribution < 1.29 is 14.3 Å². The number of fused-ring (bicyclic) bond motifs is 1. The normalized spacial score (nSPS) is 12.7. The second-order valence-corrected chi connectivity index (χ2v) is 5.94. The average Bonchev–Trinajstić information content (AvgIpc) is 3.10. The number of pyridine rings is 1. The number of anilines is 1. The smallest absolute Gasteiger partial charge is 0.257 e. The summed E-state index contributed by atoms with van der Waals surface area (Å²) in [4.78, 5) is 20.5. The van der Waals surface area contributed by atoms with E-state index in [1.807, 2.05) is 23.6 Å². The number of amides is 1. The standard InChI is InChI=1S/C17H13N3O3S/c21-16(11-3-5-18-6-4-11)20-17-19-13(10-24-17)12-1-2-14-15(9-12)23-8-7-22-14/h1-6,9-10H,7-8H2,(H,19,20,21). The van der Waals surface area contributed by atoms with Crippen LogP contribution < -0.4 is 14.8 Å². The summed E-state index contributed by atoms with van der Waals surface area (Å²) >= 11 is 1.37. The molecule has 2 aromatic heterocycles. The van der Waals surface area contributed by atoms with E-state index < -0.39 is 0 Å². The number of thiazole rings is 1. The van der Waals surface area contributed by atoms with Gasteiger partial charge in [-0.1, -0.05) is 0 Å². The fourth-order valence-electron chi connectivity index (χ4n) is 2.34. The molecule has 3 heterocycles. The number of benzene rings is 1. The summed E-state index contributed by atoms with van der Waals surface area (Å²) in [5.41, 5.74) is 2.24. The third kappa shape index (κ3) is 2.93. The zero-order chi connectivity index (χ0) is 16.4. The lowest BCUT2D eigenvalue weighted by Crippen LogP contribution is -2.15.